The Hall–Kier alpha value is -2.18. The van der Waals surface area contributed by atoms with Crippen LogP contribution in [0.5, 0.6) is 0 Å². The molecule has 0 unspecified atom stereocenters. The van der Waals surface area contributed by atoms with Gasteiger partial charge in [-0.05, 0) is 64.7 Å². The van der Waals surface area contributed by atoms with Crippen molar-refractivity contribution >= 4 is 11.9 Å². The molecule has 0 aromatic carbocycles. The minimum Gasteiger partial charge on any atom is -0.462 e. The summed E-state index contributed by atoms with van der Waals surface area (Å²) in [6.45, 7) is 3.64. The third-order valence-corrected chi connectivity index (χ3v) is 8.14. The molecule has 0 aliphatic carbocycles. The number of carbonyl (C=O) groups excluding carboxylic acids is 2. The molecule has 0 heterocycles. The lowest BCUT2D eigenvalue weighted by atomic mass is 10.0. The van der Waals surface area contributed by atoms with Crippen molar-refractivity contribution in [1.29, 1.82) is 0 Å². The molecule has 6 nitrogen and oxygen atoms in total. The van der Waals surface area contributed by atoms with E-state index < -0.39 is 6.10 Å². The molecule has 47 heavy (non-hydrogen) atoms. The fraction of sp³-hybridized carbons (Fsp3) is 0.756. The van der Waals surface area contributed by atoms with Gasteiger partial charge in [0.1, 0.15) is 6.61 Å². The van der Waals surface area contributed by atoms with Crippen molar-refractivity contribution in [2.24, 2.45) is 0 Å². The first-order valence-electron chi connectivity index (χ1n) is 19.2. The topological polar surface area (TPSA) is 93.1 Å². The number of aliphatic hydroxyl groups excluding tert-OH is 2. The zero-order chi connectivity index (χ0) is 34.5. The average Bonchev–Trinajstić information content (AvgIpc) is 3.06. The van der Waals surface area contributed by atoms with Gasteiger partial charge >= 0.3 is 11.9 Å². The van der Waals surface area contributed by atoms with E-state index >= 15 is 0 Å². The monoisotopic (exact) mass is 661 g/mol. The second kappa shape index (κ2) is 36.7. The molecular formula is C41H72O6. The minimum atomic E-state index is -0.799. The Kier molecular flexibility index (Phi) is 35.0. The lowest BCUT2D eigenvalue weighted by Gasteiger charge is -2.15. The molecule has 0 spiro atoms. The Balaban J connectivity index is 3.66. The summed E-state index contributed by atoms with van der Waals surface area (Å²) in [6.07, 6.45) is 43.0. The van der Waals surface area contributed by atoms with Gasteiger partial charge in [0.05, 0.1) is 12.7 Å². The highest BCUT2D eigenvalue weighted by molar-refractivity contribution is 5.70. The fourth-order valence-corrected chi connectivity index (χ4v) is 5.21. The predicted octanol–water partition coefficient (Wildman–Crippen LogP) is 10.8. The van der Waals surface area contributed by atoms with E-state index in [9.17, 15) is 19.8 Å². The van der Waals surface area contributed by atoms with Gasteiger partial charge in [-0.25, -0.2) is 0 Å². The molecule has 0 saturated carbocycles. The third-order valence-electron chi connectivity index (χ3n) is 8.14. The van der Waals surface area contributed by atoms with Gasteiger partial charge in [0.2, 0.25) is 0 Å². The molecule has 0 aromatic rings. The molecule has 0 fully saturated rings. The average molecular weight is 661 g/mol. The van der Waals surface area contributed by atoms with E-state index in [2.05, 4.69) is 55.5 Å². The summed E-state index contributed by atoms with van der Waals surface area (Å²) < 4.78 is 10.5. The number of esters is 2. The fourth-order valence-electron chi connectivity index (χ4n) is 5.21. The zero-order valence-electron chi connectivity index (χ0n) is 30.4. The number of carbonyl (C=O) groups is 2. The maximum Gasteiger partial charge on any atom is 0.306 e. The van der Waals surface area contributed by atoms with Crippen LogP contribution in [0.4, 0.5) is 0 Å². The highest BCUT2D eigenvalue weighted by Gasteiger charge is 2.16. The maximum absolute atomic E-state index is 12.1. The molecule has 0 saturated heterocycles. The highest BCUT2D eigenvalue weighted by Crippen LogP contribution is 2.14. The largest absolute Gasteiger partial charge is 0.462 e. The van der Waals surface area contributed by atoms with Gasteiger partial charge in [0.15, 0.2) is 6.10 Å². The van der Waals surface area contributed by atoms with Gasteiger partial charge in [-0.15, -0.1) is 0 Å². The summed E-state index contributed by atoms with van der Waals surface area (Å²) in [5.74, 6) is -0.672. The SMILES string of the molecule is CCCCCCCCCCCCCCCCCC(=O)O[C@@H](CO)COC(=O)CCC/C=C\C/C=C\C/C=C\C/C=C\CCC[C@@H](C)O. The van der Waals surface area contributed by atoms with E-state index in [1.165, 1.54) is 77.0 Å². The zero-order valence-corrected chi connectivity index (χ0v) is 30.4. The van der Waals surface area contributed by atoms with E-state index in [0.717, 1.165) is 64.2 Å². The number of unbranched alkanes of at least 4 members (excludes halogenated alkanes) is 16. The van der Waals surface area contributed by atoms with E-state index in [0.29, 0.717) is 19.3 Å². The quantitative estimate of drug-likeness (QED) is 0.0405. The van der Waals surface area contributed by atoms with Crippen molar-refractivity contribution in [2.75, 3.05) is 13.2 Å². The Morgan fingerprint density at radius 1 is 0.574 bits per heavy atom. The molecule has 6 heteroatoms. The first-order chi connectivity index (χ1) is 23.0. The Morgan fingerprint density at radius 2 is 1.00 bits per heavy atom. The van der Waals surface area contributed by atoms with E-state index in [1.807, 2.05) is 6.92 Å². The number of hydrogen-bond acceptors (Lipinski definition) is 6. The molecule has 0 bridgehead atoms. The molecule has 0 aromatic heterocycles. The maximum atomic E-state index is 12.1. The van der Waals surface area contributed by atoms with Crippen LogP contribution in [0.15, 0.2) is 48.6 Å². The van der Waals surface area contributed by atoms with Gasteiger partial charge in [0.25, 0.3) is 0 Å². The molecule has 272 valence electrons. The molecule has 0 amide bonds. The van der Waals surface area contributed by atoms with Gasteiger partial charge in [-0.1, -0.05) is 145 Å². The van der Waals surface area contributed by atoms with Crippen molar-refractivity contribution in [1.82, 2.24) is 0 Å². The number of ether oxygens (including phenoxy) is 2. The first-order valence-corrected chi connectivity index (χ1v) is 19.2. The first kappa shape index (κ1) is 44.8. The van der Waals surface area contributed by atoms with Crippen LogP contribution in [-0.2, 0) is 19.1 Å². The van der Waals surface area contributed by atoms with Crippen LogP contribution in [0.2, 0.25) is 0 Å². The lowest BCUT2D eigenvalue weighted by molar-refractivity contribution is -0.161. The third kappa shape index (κ3) is 36.5. The van der Waals surface area contributed by atoms with Crippen molar-refractivity contribution in [3.05, 3.63) is 48.6 Å². The van der Waals surface area contributed by atoms with Crippen molar-refractivity contribution < 1.29 is 29.3 Å². The molecule has 0 rings (SSSR count). The Bertz CT molecular complexity index is 813. The molecule has 2 atom stereocenters. The van der Waals surface area contributed by atoms with Crippen LogP contribution in [0.3, 0.4) is 0 Å². The van der Waals surface area contributed by atoms with Crippen molar-refractivity contribution in [3.8, 4) is 0 Å². The minimum absolute atomic E-state index is 0.102. The second-order valence-electron chi connectivity index (χ2n) is 12.9. The normalized spacial score (nSPS) is 13.4. The van der Waals surface area contributed by atoms with Gasteiger partial charge < -0.3 is 19.7 Å². The second-order valence-corrected chi connectivity index (χ2v) is 12.9. The van der Waals surface area contributed by atoms with E-state index in [4.69, 9.17) is 9.47 Å². The molecular weight excluding hydrogens is 588 g/mol. The Morgan fingerprint density at radius 3 is 1.47 bits per heavy atom. The van der Waals surface area contributed by atoms with Crippen molar-refractivity contribution in [3.63, 3.8) is 0 Å². The number of hydrogen-bond donors (Lipinski definition) is 2. The smallest absolute Gasteiger partial charge is 0.306 e. The van der Waals surface area contributed by atoms with Crippen LogP contribution in [0.25, 0.3) is 0 Å². The summed E-state index contributed by atoms with van der Waals surface area (Å²) in [7, 11) is 0. The van der Waals surface area contributed by atoms with E-state index in [-0.39, 0.29) is 31.3 Å². The molecule has 2 N–H and O–H groups in total. The van der Waals surface area contributed by atoms with Crippen LogP contribution < -0.4 is 0 Å². The summed E-state index contributed by atoms with van der Waals surface area (Å²) >= 11 is 0. The van der Waals surface area contributed by atoms with Gasteiger partial charge in [0, 0.05) is 12.8 Å². The summed E-state index contributed by atoms with van der Waals surface area (Å²) in [5.41, 5.74) is 0. The van der Waals surface area contributed by atoms with Crippen molar-refractivity contribution in [2.45, 2.75) is 187 Å². The summed E-state index contributed by atoms with van der Waals surface area (Å²) in [6, 6.07) is 0. The highest BCUT2D eigenvalue weighted by atomic mass is 16.6. The number of allylic oxidation sites excluding steroid dienone is 8. The van der Waals surface area contributed by atoms with Gasteiger partial charge in [-0.2, -0.15) is 0 Å². The lowest BCUT2D eigenvalue weighted by Crippen LogP contribution is -2.28. The van der Waals surface area contributed by atoms with E-state index in [1.54, 1.807) is 0 Å². The number of aliphatic hydroxyl groups is 2. The van der Waals surface area contributed by atoms with Crippen LogP contribution in [0, 0.1) is 0 Å². The summed E-state index contributed by atoms with van der Waals surface area (Å²) in [4.78, 5) is 24.2. The Labute approximate surface area is 289 Å². The molecule has 0 radical (unpaired) electrons. The predicted molar refractivity (Wildman–Crippen MR) is 197 cm³/mol. The van der Waals surface area contributed by atoms with Gasteiger partial charge in [-0.3, -0.25) is 9.59 Å². The summed E-state index contributed by atoms with van der Waals surface area (Å²) in [5, 5.41) is 18.8. The standard InChI is InChI=1S/C41H72O6/c1-3-4-5-6-7-8-9-10-12-17-20-23-26-29-32-35-41(45)47-39(36-42)37-46-40(44)34-31-28-25-22-19-16-14-11-13-15-18-21-24-27-30-33-38(2)43/h13-16,21-22,24-25,38-39,42-43H,3-12,17-20,23,26-37H2,1-2H3/b15-13-,16-14-,24-21-,25-22-/t38-,39+/m1/s1. The molecule has 0 aliphatic heterocycles. The molecule has 0 aliphatic rings. The number of rotatable bonds is 34. The van der Waals surface area contributed by atoms with Crippen LogP contribution in [-0.4, -0.2) is 47.6 Å². The van der Waals surface area contributed by atoms with Crippen LogP contribution in [0.1, 0.15) is 174 Å². The van der Waals surface area contributed by atoms with Crippen LogP contribution >= 0.6 is 0 Å².